The Morgan fingerprint density at radius 2 is 2.11 bits per heavy atom. The lowest BCUT2D eigenvalue weighted by molar-refractivity contribution is -0.120. The highest BCUT2D eigenvalue weighted by atomic mass is 32.1. The van der Waals surface area contributed by atoms with Crippen LogP contribution in [-0.2, 0) is 18.4 Å². The van der Waals surface area contributed by atoms with Gasteiger partial charge in [0.2, 0.25) is 5.91 Å². The summed E-state index contributed by atoms with van der Waals surface area (Å²) in [4.78, 5) is 23.8. The first-order valence-corrected chi connectivity index (χ1v) is 10.1. The fraction of sp³-hybridized carbons (Fsp3) is 0.350. The van der Waals surface area contributed by atoms with Gasteiger partial charge >= 0.3 is 0 Å². The summed E-state index contributed by atoms with van der Waals surface area (Å²) in [6.07, 6.45) is 3.83. The number of imidazole rings is 1. The van der Waals surface area contributed by atoms with Crippen LogP contribution in [0.3, 0.4) is 0 Å². The quantitative estimate of drug-likeness (QED) is 0.735. The number of likely N-dealkylation sites (tertiary alicyclic amines) is 1. The zero-order chi connectivity index (χ0) is 18.8. The van der Waals surface area contributed by atoms with Gasteiger partial charge in [-0.05, 0) is 38.4 Å². The maximum absolute atomic E-state index is 12.8. The van der Waals surface area contributed by atoms with E-state index >= 15 is 0 Å². The van der Waals surface area contributed by atoms with Crippen LogP contribution in [0.15, 0.2) is 41.4 Å². The van der Waals surface area contributed by atoms with E-state index in [0.717, 1.165) is 54.4 Å². The Hall–Kier alpha value is -2.51. The fourth-order valence-electron chi connectivity index (χ4n) is 3.52. The molecule has 1 aromatic carbocycles. The minimum atomic E-state index is -0.0987. The Morgan fingerprint density at radius 3 is 2.78 bits per heavy atom. The predicted octanol–water partition coefficient (Wildman–Crippen LogP) is 3.46. The second-order valence-corrected chi connectivity index (χ2v) is 7.64. The molecular weight excluding hydrogens is 358 g/mol. The SMILES string of the molecule is Cc1ncc(CN2CCC[C@@H]2C(=O)Nc2ccc(-c3cscn3)cc2)n1C. The van der Waals surface area contributed by atoms with Gasteiger partial charge in [-0.2, -0.15) is 0 Å². The van der Waals surface area contributed by atoms with Crippen LogP contribution in [0.5, 0.6) is 0 Å². The van der Waals surface area contributed by atoms with Crippen molar-refractivity contribution < 1.29 is 4.79 Å². The number of aryl methyl sites for hydroxylation is 1. The number of benzene rings is 1. The number of anilines is 1. The number of nitrogens with one attached hydrogen (secondary N) is 1. The first-order valence-electron chi connectivity index (χ1n) is 9.12. The highest BCUT2D eigenvalue weighted by Crippen LogP contribution is 2.24. The molecule has 1 aliphatic rings. The number of rotatable bonds is 5. The van der Waals surface area contributed by atoms with Crippen LogP contribution in [0, 0.1) is 6.92 Å². The monoisotopic (exact) mass is 381 g/mol. The van der Waals surface area contributed by atoms with Gasteiger partial charge in [-0.1, -0.05) is 12.1 Å². The number of hydrogen-bond acceptors (Lipinski definition) is 5. The Balaban J connectivity index is 1.41. The van der Waals surface area contributed by atoms with Crippen molar-refractivity contribution >= 4 is 22.9 Å². The molecule has 1 aliphatic heterocycles. The minimum absolute atomic E-state index is 0.0628. The highest BCUT2D eigenvalue weighted by Gasteiger charge is 2.31. The predicted molar refractivity (Wildman–Crippen MR) is 108 cm³/mol. The first kappa shape index (κ1) is 17.9. The average Bonchev–Trinajstić information content (AvgIpc) is 3.41. The topological polar surface area (TPSA) is 63.1 Å². The molecule has 2 aromatic heterocycles. The highest BCUT2D eigenvalue weighted by molar-refractivity contribution is 7.07. The molecule has 0 aliphatic carbocycles. The Kier molecular flexibility index (Phi) is 5.05. The van der Waals surface area contributed by atoms with Crippen molar-refractivity contribution in [1.82, 2.24) is 19.4 Å². The summed E-state index contributed by atoms with van der Waals surface area (Å²) in [5.41, 5.74) is 5.81. The van der Waals surface area contributed by atoms with Gasteiger partial charge in [0.05, 0.1) is 22.9 Å². The molecule has 0 radical (unpaired) electrons. The van der Waals surface area contributed by atoms with Crippen molar-refractivity contribution in [3.8, 4) is 11.3 Å². The molecule has 0 spiro atoms. The second kappa shape index (κ2) is 7.62. The minimum Gasteiger partial charge on any atom is -0.334 e. The Bertz CT molecular complexity index is 917. The standard InChI is InChI=1S/C20H23N5OS/c1-14-21-10-17(24(14)2)11-25-9-3-4-19(25)20(26)23-16-7-5-15(6-8-16)18-12-27-13-22-18/h5-8,10,12-13,19H,3-4,9,11H2,1-2H3,(H,23,26)/t19-/m1/s1. The van der Waals surface area contributed by atoms with Crippen LogP contribution in [0.2, 0.25) is 0 Å². The smallest absolute Gasteiger partial charge is 0.241 e. The summed E-state index contributed by atoms with van der Waals surface area (Å²) in [6.45, 7) is 3.68. The molecule has 0 saturated carbocycles. The fourth-order valence-corrected chi connectivity index (χ4v) is 4.08. The summed E-state index contributed by atoms with van der Waals surface area (Å²) in [7, 11) is 2.02. The molecule has 1 N–H and O–H groups in total. The van der Waals surface area contributed by atoms with Gasteiger partial charge in [0.1, 0.15) is 5.82 Å². The van der Waals surface area contributed by atoms with E-state index in [1.807, 2.05) is 55.3 Å². The van der Waals surface area contributed by atoms with Crippen LogP contribution in [0.1, 0.15) is 24.4 Å². The van der Waals surface area contributed by atoms with E-state index in [2.05, 4.69) is 24.8 Å². The van der Waals surface area contributed by atoms with Gasteiger partial charge in [0, 0.05) is 36.4 Å². The summed E-state index contributed by atoms with van der Waals surface area (Å²) < 4.78 is 2.09. The number of carbonyl (C=O) groups excluding carboxylic acids is 1. The van der Waals surface area contributed by atoms with E-state index < -0.39 is 0 Å². The molecule has 0 unspecified atom stereocenters. The van der Waals surface area contributed by atoms with Crippen LogP contribution in [-0.4, -0.2) is 37.9 Å². The molecule has 6 nitrogen and oxygen atoms in total. The lowest BCUT2D eigenvalue weighted by Crippen LogP contribution is -2.39. The third kappa shape index (κ3) is 3.79. The lowest BCUT2D eigenvalue weighted by Gasteiger charge is -2.23. The van der Waals surface area contributed by atoms with Crippen molar-refractivity contribution in [3.05, 3.63) is 52.9 Å². The molecule has 4 rings (SSSR count). The summed E-state index contributed by atoms with van der Waals surface area (Å²) in [5.74, 6) is 1.05. The Labute approximate surface area is 162 Å². The molecule has 1 fully saturated rings. The van der Waals surface area contributed by atoms with Crippen LogP contribution < -0.4 is 5.32 Å². The van der Waals surface area contributed by atoms with Crippen LogP contribution in [0.25, 0.3) is 11.3 Å². The van der Waals surface area contributed by atoms with Gasteiger partial charge < -0.3 is 9.88 Å². The lowest BCUT2D eigenvalue weighted by atomic mass is 10.1. The molecule has 140 valence electrons. The second-order valence-electron chi connectivity index (χ2n) is 6.92. The van der Waals surface area contributed by atoms with Gasteiger partial charge in [0.15, 0.2) is 0 Å². The molecule has 27 heavy (non-hydrogen) atoms. The summed E-state index contributed by atoms with van der Waals surface area (Å²) in [5, 5.41) is 5.09. The number of carbonyl (C=O) groups is 1. The van der Waals surface area contributed by atoms with Gasteiger partial charge in [0.25, 0.3) is 0 Å². The third-order valence-corrected chi connectivity index (χ3v) is 5.82. The normalized spacial score (nSPS) is 17.3. The molecule has 3 aromatic rings. The number of nitrogens with zero attached hydrogens (tertiary/aromatic N) is 4. The zero-order valence-electron chi connectivity index (χ0n) is 15.6. The first-order chi connectivity index (χ1) is 13.1. The van der Waals surface area contributed by atoms with Gasteiger partial charge in [-0.25, -0.2) is 9.97 Å². The molecule has 1 atom stereocenters. The van der Waals surface area contributed by atoms with Gasteiger partial charge in [-0.15, -0.1) is 11.3 Å². The summed E-state index contributed by atoms with van der Waals surface area (Å²) >= 11 is 1.58. The van der Waals surface area contributed by atoms with E-state index in [-0.39, 0.29) is 11.9 Å². The molecule has 0 bridgehead atoms. The zero-order valence-corrected chi connectivity index (χ0v) is 16.4. The van der Waals surface area contributed by atoms with E-state index in [9.17, 15) is 4.79 Å². The number of thiazole rings is 1. The molecule has 1 saturated heterocycles. The molecular formula is C20H23N5OS. The van der Waals surface area contributed by atoms with Crippen molar-refractivity contribution in [2.45, 2.75) is 32.4 Å². The third-order valence-electron chi connectivity index (χ3n) is 5.23. The molecule has 3 heterocycles. The van der Waals surface area contributed by atoms with Gasteiger partial charge in [-0.3, -0.25) is 9.69 Å². The van der Waals surface area contributed by atoms with E-state index in [0.29, 0.717) is 0 Å². The van der Waals surface area contributed by atoms with Crippen LogP contribution in [0.4, 0.5) is 5.69 Å². The maximum atomic E-state index is 12.8. The van der Waals surface area contributed by atoms with E-state index in [4.69, 9.17) is 0 Å². The van der Waals surface area contributed by atoms with E-state index in [1.165, 1.54) is 0 Å². The number of hydrogen-bond donors (Lipinski definition) is 1. The van der Waals surface area contributed by atoms with Crippen molar-refractivity contribution in [3.63, 3.8) is 0 Å². The number of amides is 1. The van der Waals surface area contributed by atoms with Crippen molar-refractivity contribution in [2.75, 3.05) is 11.9 Å². The van der Waals surface area contributed by atoms with Crippen LogP contribution >= 0.6 is 11.3 Å². The van der Waals surface area contributed by atoms with Crippen molar-refractivity contribution in [1.29, 1.82) is 0 Å². The molecule has 7 heteroatoms. The Morgan fingerprint density at radius 1 is 1.30 bits per heavy atom. The average molecular weight is 382 g/mol. The maximum Gasteiger partial charge on any atom is 0.241 e. The largest absolute Gasteiger partial charge is 0.334 e. The number of aromatic nitrogens is 3. The molecule has 1 amide bonds. The summed E-state index contributed by atoms with van der Waals surface area (Å²) in [6, 6.07) is 7.77. The van der Waals surface area contributed by atoms with Crippen molar-refractivity contribution in [2.24, 2.45) is 7.05 Å². The van der Waals surface area contributed by atoms with E-state index in [1.54, 1.807) is 11.3 Å².